The zero-order valence-corrected chi connectivity index (χ0v) is 22.6. The molecule has 5 aromatic rings. The van der Waals surface area contributed by atoms with Crippen LogP contribution in [0.15, 0.2) is 42.7 Å². The number of rotatable bonds is 8. The highest BCUT2D eigenvalue weighted by molar-refractivity contribution is 6.04. The SMILES string of the molecule is COc1cc2[nH]c(-c3ccc(C4OCCO4)cn3)nc2c(-c2cn(CC3CC3)nc2C)c1Nc1ccc(C)nn1. The van der Waals surface area contributed by atoms with Gasteiger partial charge >= 0.3 is 0 Å². The van der Waals surface area contributed by atoms with Crippen LogP contribution in [0.5, 0.6) is 5.75 Å². The fraction of sp³-hybridized carbons (Fsp3) is 0.345. The van der Waals surface area contributed by atoms with E-state index in [1.54, 1.807) is 13.3 Å². The van der Waals surface area contributed by atoms with Crippen LogP contribution < -0.4 is 10.1 Å². The summed E-state index contributed by atoms with van der Waals surface area (Å²) in [7, 11) is 1.66. The number of pyridine rings is 1. The smallest absolute Gasteiger partial charge is 0.185 e. The molecule has 0 atom stereocenters. The molecule has 204 valence electrons. The van der Waals surface area contributed by atoms with E-state index in [4.69, 9.17) is 24.3 Å². The molecule has 2 fully saturated rings. The Morgan fingerprint density at radius 1 is 1.10 bits per heavy atom. The number of ether oxygens (including phenoxy) is 3. The van der Waals surface area contributed by atoms with Crippen molar-refractivity contribution in [2.24, 2.45) is 5.92 Å². The molecule has 0 unspecified atom stereocenters. The molecule has 5 heterocycles. The summed E-state index contributed by atoms with van der Waals surface area (Å²) in [5.41, 5.74) is 7.55. The Hall–Kier alpha value is -4.35. The molecular weight excluding hydrogens is 508 g/mol. The van der Waals surface area contributed by atoms with E-state index < -0.39 is 0 Å². The molecule has 2 N–H and O–H groups in total. The van der Waals surface area contributed by atoms with Crippen LogP contribution in [0.25, 0.3) is 33.7 Å². The minimum absolute atomic E-state index is 0.373. The molecule has 1 aliphatic carbocycles. The van der Waals surface area contributed by atoms with Gasteiger partial charge in [0.2, 0.25) is 0 Å². The quantitative estimate of drug-likeness (QED) is 0.277. The van der Waals surface area contributed by atoms with Gasteiger partial charge in [0.25, 0.3) is 0 Å². The first-order valence-corrected chi connectivity index (χ1v) is 13.5. The monoisotopic (exact) mass is 538 g/mol. The first-order chi connectivity index (χ1) is 19.6. The summed E-state index contributed by atoms with van der Waals surface area (Å²) in [6.45, 7) is 6.02. The Kier molecular flexibility index (Phi) is 6.17. The fourth-order valence-electron chi connectivity index (χ4n) is 5.05. The van der Waals surface area contributed by atoms with Crippen LogP contribution in [0.2, 0.25) is 0 Å². The molecular formula is C29H30N8O3. The van der Waals surface area contributed by atoms with Gasteiger partial charge in [0.15, 0.2) is 17.9 Å². The lowest BCUT2D eigenvalue weighted by Crippen LogP contribution is -2.01. The summed E-state index contributed by atoms with van der Waals surface area (Å²) >= 11 is 0. The highest BCUT2D eigenvalue weighted by Gasteiger charge is 2.26. The number of hydrogen-bond donors (Lipinski definition) is 2. The minimum atomic E-state index is -0.373. The molecule has 1 aromatic carbocycles. The number of nitrogens with one attached hydrogen (secondary N) is 2. The number of imidazole rings is 1. The van der Waals surface area contributed by atoms with E-state index in [0.717, 1.165) is 51.3 Å². The highest BCUT2D eigenvalue weighted by Crippen LogP contribution is 2.44. The van der Waals surface area contributed by atoms with E-state index in [0.29, 0.717) is 42.2 Å². The average molecular weight is 539 g/mol. The Morgan fingerprint density at radius 3 is 2.65 bits per heavy atom. The van der Waals surface area contributed by atoms with E-state index in [9.17, 15) is 0 Å². The van der Waals surface area contributed by atoms with Crippen LogP contribution in [-0.4, -0.2) is 55.3 Å². The summed E-state index contributed by atoms with van der Waals surface area (Å²) in [6.07, 6.45) is 6.02. The molecule has 11 heteroatoms. The lowest BCUT2D eigenvalue weighted by Gasteiger charge is -2.16. The van der Waals surface area contributed by atoms with Crippen molar-refractivity contribution in [3.63, 3.8) is 0 Å². The first-order valence-electron chi connectivity index (χ1n) is 13.5. The zero-order valence-electron chi connectivity index (χ0n) is 22.6. The zero-order chi connectivity index (χ0) is 27.2. The number of hydrogen-bond acceptors (Lipinski definition) is 9. The van der Waals surface area contributed by atoms with E-state index >= 15 is 0 Å². The highest BCUT2D eigenvalue weighted by atomic mass is 16.7. The van der Waals surface area contributed by atoms with Gasteiger partial charge in [-0.2, -0.15) is 10.2 Å². The number of anilines is 2. The predicted molar refractivity (Wildman–Crippen MR) is 149 cm³/mol. The van der Waals surface area contributed by atoms with Gasteiger partial charge in [-0.05, 0) is 50.8 Å². The maximum Gasteiger partial charge on any atom is 0.185 e. The standard InChI is InChI=1S/C29H30N8O3/c1-16-4-9-24(35-34-16)32-27-23(38-3)12-22-26(25(27)20-15-37(36-17(20)2)14-18-5-6-18)33-28(31-22)21-8-7-19(13-30-21)29-39-10-11-40-29/h4,7-9,12-13,15,18,29H,5-6,10-11,14H2,1-3H3,(H,31,33)(H,32,35). The van der Waals surface area contributed by atoms with Gasteiger partial charge in [-0.25, -0.2) is 4.98 Å². The van der Waals surface area contributed by atoms with Crippen molar-refractivity contribution in [3.8, 4) is 28.4 Å². The third kappa shape index (κ3) is 4.67. The van der Waals surface area contributed by atoms with Crippen molar-refractivity contribution in [2.45, 2.75) is 39.5 Å². The van der Waals surface area contributed by atoms with Gasteiger partial charge in [0.1, 0.15) is 11.4 Å². The van der Waals surface area contributed by atoms with E-state index in [1.165, 1.54) is 12.8 Å². The van der Waals surface area contributed by atoms with Crippen LogP contribution in [0.4, 0.5) is 11.5 Å². The van der Waals surface area contributed by atoms with E-state index in [1.807, 2.05) is 48.9 Å². The summed E-state index contributed by atoms with van der Waals surface area (Å²) in [5, 5.41) is 16.9. The third-order valence-electron chi connectivity index (χ3n) is 7.29. The molecule has 1 saturated heterocycles. The van der Waals surface area contributed by atoms with Gasteiger partial charge in [0, 0.05) is 41.7 Å². The molecule has 1 saturated carbocycles. The van der Waals surface area contributed by atoms with Crippen LogP contribution in [-0.2, 0) is 16.0 Å². The largest absolute Gasteiger partial charge is 0.494 e. The fourth-order valence-corrected chi connectivity index (χ4v) is 5.05. The molecule has 1 aliphatic heterocycles. The van der Waals surface area contributed by atoms with Crippen molar-refractivity contribution in [3.05, 3.63) is 59.7 Å². The Morgan fingerprint density at radius 2 is 1.95 bits per heavy atom. The minimum Gasteiger partial charge on any atom is -0.494 e. The maximum atomic E-state index is 5.89. The molecule has 7 rings (SSSR count). The molecule has 4 aromatic heterocycles. The second-order valence-corrected chi connectivity index (χ2v) is 10.3. The Labute approximate surface area is 230 Å². The van der Waals surface area contributed by atoms with Crippen molar-refractivity contribution in [1.82, 2.24) is 34.9 Å². The normalized spacial score (nSPS) is 15.7. The van der Waals surface area contributed by atoms with Gasteiger partial charge in [-0.3, -0.25) is 9.67 Å². The van der Waals surface area contributed by atoms with Crippen molar-refractivity contribution in [1.29, 1.82) is 0 Å². The lowest BCUT2D eigenvalue weighted by molar-refractivity contribution is -0.0443. The summed E-state index contributed by atoms with van der Waals surface area (Å²) in [6, 6.07) is 9.65. The van der Waals surface area contributed by atoms with E-state index in [-0.39, 0.29) is 6.29 Å². The molecule has 40 heavy (non-hydrogen) atoms. The predicted octanol–water partition coefficient (Wildman–Crippen LogP) is 5.10. The van der Waals surface area contributed by atoms with Gasteiger partial charge in [-0.15, -0.1) is 5.10 Å². The van der Waals surface area contributed by atoms with Gasteiger partial charge in [-0.1, -0.05) is 6.07 Å². The molecule has 0 bridgehead atoms. The van der Waals surface area contributed by atoms with Gasteiger partial charge < -0.3 is 24.5 Å². The third-order valence-corrected chi connectivity index (χ3v) is 7.29. The van der Waals surface area contributed by atoms with E-state index in [2.05, 4.69) is 31.7 Å². The Balaban J connectivity index is 1.36. The van der Waals surface area contributed by atoms with Crippen LogP contribution >= 0.6 is 0 Å². The average Bonchev–Trinajstić information content (AvgIpc) is 3.31. The number of aromatic nitrogens is 7. The summed E-state index contributed by atoms with van der Waals surface area (Å²) < 4.78 is 19.2. The molecule has 0 radical (unpaired) electrons. The molecule has 11 nitrogen and oxygen atoms in total. The number of aromatic amines is 1. The van der Waals surface area contributed by atoms with Crippen molar-refractivity contribution in [2.75, 3.05) is 25.6 Å². The van der Waals surface area contributed by atoms with Crippen molar-refractivity contribution < 1.29 is 14.2 Å². The molecule has 0 spiro atoms. The second kappa shape index (κ2) is 10.00. The van der Waals surface area contributed by atoms with Crippen molar-refractivity contribution >= 4 is 22.5 Å². The number of fused-ring (bicyclic) bond motifs is 1. The summed E-state index contributed by atoms with van der Waals surface area (Å²) in [4.78, 5) is 13.2. The topological polar surface area (TPSA) is 125 Å². The number of methoxy groups -OCH3 is 1. The number of benzene rings is 1. The summed E-state index contributed by atoms with van der Waals surface area (Å²) in [5.74, 6) is 2.60. The molecule has 2 aliphatic rings. The van der Waals surface area contributed by atoms with Gasteiger partial charge in [0.05, 0.1) is 48.4 Å². The second-order valence-electron chi connectivity index (χ2n) is 10.3. The number of H-pyrrole nitrogens is 1. The first kappa shape index (κ1) is 24.7. The van der Waals surface area contributed by atoms with Crippen LogP contribution in [0.3, 0.4) is 0 Å². The number of nitrogens with zero attached hydrogens (tertiary/aromatic N) is 6. The molecule has 0 amide bonds. The number of aryl methyl sites for hydroxylation is 2. The Bertz CT molecular complexity index is 1670. The lowest BCUT2D eigenvalue weighted by atomic mass is 10.0. The van der Waals surface area contributed by atoms with Crippen LogP contribution in [0, 0.1) is 19.8 Å². The van der Waals surface area contributed by atoms with Crippen LogP contribution in [0.1, 0.15) is 36.1 Å². The maximum absolute atomic E-state index is 5.89.